The number of aryl methyl sites for hydroxylation is 1. The first kappa shape index (κ1) is 30.0. The Labute approximate surface area is 242 Å². The molecule has 1 aliphatic heterocycles. The standard InChI is InChI=1S/C30H31N5O7/c1-20-19-33(15-16-34(20)25(36)14-11-22-9-12-24(13-10-22)35(39)40)29(37)27-26(30(38)42-18-17-41-3)21(2)31-28(32-27)23-7-5-4-6-8-23/h4-14,20H,15-19H2,1-3H3/b14-11+. The third-order valence-corrected chi connectivity index (χ3v) is 6.77. The van der Waals surface area contributed by atoms with E-state index < -0.39 is 16.8 Å². The zero-order valence-corrected chi connectivity index (χ0v) is 23.6. The fourth-order valence-electron chi connectivity index (χ4n) is 4.57. The maximum absolute atomic E-state index is 13.8. The molecule has 12 nitrogen and oxygen atoms in total. The molecule has 1 atom stereocenters. The van der Waals surface area contributed by atoms with Gasteiger partial charge in [0.2, 0.25) is 5.91 Å². The van der Waals surface area contributed by atoms with Crippen LogP contribution in [0.25, 0.3) is 17.5 Å². The average molecular weight is 574 g/mol. The highest BCUT2D eigenvalue weighted by Gasteiger charge is 2.33. The van der Waals surface area contributed by atoms with E-state index >= 15 is 0 Å². The molecule has 0 saturated carbocycles. The number of aromatic nitrogens is 2. The van der Waals surface area contributed by atoms with Gasteiger partial charge in [-0.15, -0.1) is 0 Å². The summed E-state index contributed by atoms with van der Waals surface area (Å²) >= 11 is 0. The third-order valence-electron chi connectivity index (χ3n) is 6.77. The minimum Gasteiger partial charge on any atom is -0.460 e. The summed E-state index contributed by atoms with van der Waals surface area (Å²) in [6.45, 7) is 4.38. The molecule has 2 amide bonds. The van der Waals surface area contributed by atoms with E-state index in [2.05, 4.69) is 9.97 Å². The molecule has 1 aliphatic rings. The van der Waals surface area contributed by atoms with Crippen LogP contribution >= 0.6 is 0 Å². The van der Waals surface area contributed by atoms with Crippen LogP contribution in [0.2, 0.25) is 0 Å². The number of hydrogen-bond donors (Lipinski definition) is 0. The smallest absolute Gasteiger partial charge is 0.342 e. The van der Waals surface area contributed by atoms with Gasteiger partial charge >= 0.3 is 5.97 Å². The van der Waals surface area contributed by atoms with Crippen molar-refractivity contribution in [2.45, 2.75) is 19.9 Å². The normalized spacial score (nSPS) is 15.1. The molecule has 1 fully saturated rings. The van der Waals surface area contributed by atoms with Crippen LogP contribution < -0.4 is 0 Å². The lowest BCUT2D eigenvalue weighted by Crippen LogP contribution is -2.55. The molecule has 42 heavy (non-hydrogen) atoms. The molecule has 1 saturated heterocycles. The Bertz CT molecular complexity index is 1490. The van der Waals surface area contributed by atoms with E-state index in [4.69, 9.17) is 9.47 Å². The van der Waals surface area contributed by atoms with Gasteiger partial charge in [0.25, 0.3) is 11.6 Å². The first-order valence-corrected chi connectivity index (χ1v) is 13.3. The Morgan fingerprint density at radius 3 is 2.40 bits per heavy atom. The van der Waals surface area contributed by atoms with E-state index in [1.54, 1.807) is 34.9 Å². The first-order valence-electron chi connectivity index (χ1n) is 13.3. The summed E-state index contributed by atoms with van der Waals surface area (Å²) in [5, 5.41) is 10.9. The molecule has 0 N–H and O–H groups in total. The summed E-state index contributed by atoms with van der Waals surface area (Å²) in [5.74, 6) is -1.12. The van der Waals surface area contributed by atoms with Gasteiger partial charge in [-0.05, 0) is 37.6 Å². The number of nitro benzene ring substituents is 1. The molecular formula is C30H31N5O7. The molecule has 0 aliphatic carbocycles. The van der Waals surface area contributed by atoms with Crippen LogP contribution in [0.4, 0.5) is 5.69 Å². The Morgan fingerprint density at radius 1 is 1.05 bits per heavy atom. The van der Waals surface area contributed by atoms with Crippen molar-refractivity contribution in [2.75, 3.05) is 40.0 Å². The summed E-state index contributed by atoms with van der Waals surface area (Å²) in [6, 6.07) is 14.7. The summed E-state index contributed by atoms with van der Waals surface area (Å²) in [7, 11) is 1.49. The predicted molar refractivity (Wildman–Crippen MR) is 154 cm³/mol. The van der Waals surface area contributed by atoms with Crippen LogP contribution in [0.15, 0.2) is 60.7 Å². The molecule has 1 unspecified atom stereocenters. The lowest BCUT2D eigenvalue weighted by Gasteiger charge is -2.39. The van der Waals surface area contributed by atoms with E-state index in [0.717, 1.165) is 0 Å². The molecule has 12 heteroatoms. The topological polar surface area (TPSA) is 145 Å². The van der Waals surface area contributed by atoms with Crippen LogP contribution in [0.5, 0.6) is 0 Å². The van der Waals surface area contributed by atoms with Gasteiger partial charge in [0, 0.05) is 56.6 Å². The minimum atomic E-state index is -0.717. The average Bonchev–Trinajstić information content (AvgIpc) is 2.99. The third kappa shape index (κ3) is 7.02. The monoisotopic (exact) mass is 573 g/mol. The number of ether oxygens (including phenoxy) is 2. The van der Waals surface area contributed by atoms with Crippen molar-refractivity contribution in [3.8, 4) is 11.4 Å². The van der Waals surface area contributed by atoms with Gasteiger partial charge in [-0.3, -0.25) is 19.7 Å². The van der Waals surface area contributed by atoms with Crippen LogP contribution in [-0.4, -0.2) is 88.5 Å². The number of hydrogen-bond acceptors (Lipinski definition) is 9. The number of nitro groups is 1. The van der Waals surface area contributed by atoms with Gasteiger partial charge in [-0.1, -0.05) is 30.3 Å². The Hall–Kier alpha value is -4.97. The highest BCUT2D eigenvalue weighted by atomic mass is 16.6. The zero-order chi connectivity index (χ0) is 30.2. The number of benzene rings is 2. The second-order valence-corrected chi connectivity index (χ2v) is 9.66. The largest absolute Gasteiger partial charge is 0.460 e. The van der Waals surface area contributed by atoms with E-state index in [0.29, 0.717) is 22.6 Å². The van der Waals surface area contributed by atoms with Crippen molar-refractivity contribution >= 4 is 29.5 Å². The van der Waals surface area contributed by atoms with Gasteiger partial charge in [-0.25, -0.2) is 14.8 Å². The van der Waals surface area contributed by atoms with Gasteiger partial charge < -0.3 is 19.3 Å². The molecule has 4 rings (SSSR count). The molecule has 218 valence electrons. The summed E-state index contributed by atoms with van der Waals surface area (Å²) < 4.78 is 10.3. The number of nitrogens with zero attached hydrogens (tertiary/aromatic N) is 5. The van der Waals surface area contributed by atoms with Crippen molar-refractivity contribution in [1.29, 1.82) is 0 Å². The van der Waals surface area contributed by atoms with Crippen molar-refractivity contribution in [1.82, 2.24) is 19.8 Å². The Morgan fingerprint density at radius 2 is 1.76 bits per heavy atom. The molecule has 2 heterocycles. The van der Waals surface area contributed by atoms with Gasteiger partial charge in [-0.2, -0.15) is 0 Å². The van der Waals surface area contributed by atoms with Crippen molar-refractivity contribution in [3.05, 3.63) is 93.3 Å². The molecule has 2 aromatic carbocycles. The molecule has 0 spiro atoms. The van der Waals surface area contributed by atoms with Gasteiger partial charge in [0.05, 0.1) is 17.2 Å². The highest BCUT2D eigenvalue weighted by Crippen LogP contribution is 2.23. The quantitative estimate of drug-likeness (QED) is 0.123. The number of carbonyl (C=O) groups excluding carboxylic acids is 3. The van der Waals surface area contributed by atoms with E-state index in [-0.39, 0.29) is 61.7 Å². The fraction of sp³-hybridized carbons (Fsp3) is 0.300. The maximum Gasteiger partial charge on any atom is 0.342 e. The Kier molecular flexibility index (Phi) is 9.71. The van der Waals surface area contributed by atoms with Crippen LogP contribution in [0.1, 0.15) is 39.0 Å². The van der Waals surface area contributed by atoms with Crippen molar-refractivity contribution < 1.29 is 28.8 Å². The molecular weight excluding hydrogens is 542 g/mol. The van der Waals surface area contributed by atoms with Gasteiger partial charge in [0.1, 0.15) is 17.9 Å². The summed E-state index contributed by atoms with van der Waals surface area (Å²) in [5.41, 5.74) is 1.55. The SMILES string of the molecule is COCCOC(=O)c1c(C)nc(-c2ccccc2)nc1C(=O)N1CCN(C(=O)/C=C/c2ccc([N+](=O)[O-])cc2)C(C)C1. The van der Waals surface area contributed by atoms with Crippen LogP contribution in [-0.2, 0) is 14.3 Å². The Balaban J connectivity index is 1.53. The molecule has 0 bridgehead atoms. The first-order chi connectivity index (χ1) is 20.2. The maximum atomic E-state index is 13.8. The molecule has 1 aromatic heterocycles. The second-order valence-electron chi connectivity index (χ2n) is 9.66. The molecule has 3 aromatic rings. The van der Waals surface area contributed by atoms with E-state index in [1.807, 2.05) is 37.3 Å². The lowest BCUT2D eigenvalue weighted by molar-refractivity contribution is -0.384. The van der Waals surface area contributed by atoms with Crippen LogP contribution in [0.3, 0.4) is 0 Å². The van der Waals surface area contributed by atoms with Crippen molar-refractivity contribution in [2.24, 2.45) is 0 Å². The minimum absolute atomic E-state index is 0.00651. The highest BCUT2D eigenvalue weighted by molar-refractivity contribution is 6.05. The number of non-ortho nitro benzene ring substituents is 1. The lowest BCUT2D eigenvalue weighted by atomic mass is 10.1. The molecule has 0 radical (unpaired) electrons. The number of amides is 2. The second kappa shape index (κ2) is 13.6. The van der Waals surface area contributed by atoms with E-state index in [1.165, 1.54) is 25.3 Å². The number of carbonyl (C=O) groups is 3. The van der Waals surface area contributed by atoms with E-state index in [9.17, 15) is 24.5 Å². The predicted octanol–water partition coefficient (Wildman–Crippen LogP) is 3.55. The number of piperazine rings is 1. The zero-order valence-electron chi connectivity index (χ0n) is 23.6. The van der Waals surface area contributed by atoms with Gasteiger partial charge in [0.15, 0.2) is 5.82 Å². The van der Waals surface area contributed by atoms with Crippen molar-refractivity contribution in [3.63, 3.8) is 0 Å². The fourth-order valence-corrected chi connectivity index (χ4v) is 4.57. The van der Waals surface area contributed by atoms with Crippen LogP contribution in [0, 0.1) is 17.0 Å². The summed E-state index contributed by atoms with van der Waals surface area (Å²) in [6.07, 6.45) is 3.00. The summed E-state index contributed by atoms with van der Waals surface area (Å²) in [4.78, 5) is 62.4. The number of rotatable bonds is 9. The number of methoxy groups -OCH3 is 1. The number of esters is 1.